The minimum absolute atomic E-state index is 0.0655. The van der Waals surface area contributed by atoms with E-state index in [0.717, 1.165) is 36.4 Å². The van der Waals surface area contributed by atoms with Crippen LogP contribution in [0.25, 0.3) is 0 Å². The molecule has 0 aromatic heterocycles. The van der Waals surface area contributed by atoms with E-state index in [0.29, 0.717) is 18.6 Å². The van der Waals surface area contributed by atoms with Crippen molar-refractivity contribution >= 4 is 11.6 Å². The van der Waals surface area contributed by atoms with Crippen molar-refractivity contribution < 1.29 is 9.53 Å². The van der Waals surface area contributed by atoms with Crippen LogP contribution in [-0.4, -0.2) is 25.1 Å². The monoisotopic (exact) mass is 419 g/mol. The van der Waals surface area contributed by atoms with Crippen LogP contribution in [0.1, 0.15) is 79.0 Å². The van der Waals surface area contributed by atoms with Gasteiger partial charge in [0.2, 0.25) is 0 Å². The minimum atomic E-state index is 0.0655. The number of carbonyl (C=O) groups excluding carboxylic acids is 1. The third kappa shape index (κ3) is 4.16. The van der Waals surface area contributed by atoms with Gasteiger partial charge >= 0.3 is 0 Å². The highest BCUT2D eigenvalue weighted by Gasteiger charge is 2.39. The maximum atomic E-state index is 12.9. The Morgan fingerprint density at radius 1 is 1.03 bits per heavy atom. The zero-order valence-corrected chi connectivity index (χ0v) is 18.3. The highest BCUT2D eigenvalue weighted by atomic mass is 16.5. The van der Waals surface area contributed by atoms with E-state index in [-0.39, 0.29) is 18.0 Å². The van der Waals surface area contributed by atoms with E-state index in [1.807, 2.05) is 13.0 Å². The fourth-order valence-electron chi connectivity index (χ4n) is 5.59. The summed E-state index contributed by atoms with van der Waals surface area (Å²) in [4.78, 5) is 12.9. The number of anilines is 1. The zero-order chi connectivity index (χ0) is 21.2. The summed E-state index contributed by atoms with van der Waals surface area (Å²) in [5.74, 6) is 1.43. The number of rotatable bonds is 5. The van der Waals surface area contributed by atoms with Crippen molar-refractivity contribution in [2.45, 2.75) is 63.6 Å². The normalized spacial score (nSPS) is 25.3. The molecular formula is C26H33N3O2. The molecule has 5 heteroatoms. The molecule has 3 N–H and O–H groups in total. The van der Waals surface area contributed by atoms with Gasteiger partial charge in [0.05, 0.1) is 12.6 Å². The molecule has 3 atom stereocenters. The number of hydrogen-bond acceptors (Lipinski definition) is 4. The molecule has 2 aliphatic heterocycles. The Labute approximate surface area is 185 Å². The molecule has 2 aromatic rings. The van der Waals surface area contributed by atoms with E-state index in [1.165, 1.54) is 36.8 Å². The molecule has 2 aromatic carbocycles. The molecule has 1 amide bonds. The van der Waals surface area contributed by atoms with Crippen LogP contribution in [0.5, 0.6) is 5.75 Å². The fraction of sp³-hybridized carbons (Fsp3) is 0.500. The van der Waals surface area contributed by atoms with Crippen molar-refractivity contribution in [3.63, 3.8) is 0 Å². The summed E-state index contributed by atoms with van der Waals surface area (Å²) in [6.07, 6.45) is 7.00. The molecule has 1 saturated heterocycles. The first-order chi connectivity index (χ1) is 15.2. The molecule has 0 bridgehead atoms. The van der Waals surface area contributed by atoms with Crippen LogP contribution in [0.3, 0.4) is 0 Å². The van der Waals surface area contributed by atoms with Crippen LogP contribution < -0.4 is 20.7 Å². The molecule has 2 heterocycles. The lowest BCUT2D eigenvalue weighted by Gasteiger charge is -2.44. The van der Waals surface area contributed by atoms with Crippen LogP contribution in [0.15, 0.2) is 42.5 Å². The summed E-state index contributed by atoms with van der Waals surface area (Å²) in [5.41, 5.74) is 4.42. The smallest absolute Gasteiger partial charge is 0.251 e. The summed E-state index contributed by atoms with van der Waals surface area (Å²) in [5, 5.41) is 10.8. The predicted molar refractivity (Wildman–Crippen MR) is 124 cm³/mol. The summed E-state index contributed by atoms with van der Waals surface area (Å²) in [6, 6.07) is 15.5. The molecule has 164 valence electrons. The Morgan fingerprint density at radius 3 is 2.61 bits per heavy atom. The number of benzene rings is 2. The van der Waals surface area contributed by atoms with Gasteiger partial charge in [-0.3, -0.25) is 4.79 Å². The predicted octanol–water partition coefficient (Wildman–Crippen LogP) is 4.97. The van der Waals surface area contributed by atoms with Gasteiger partial charge in [-0.15, -0.1) is 0 Å². The first-order valence-corrected chi connectivity index (χ1v) is 11.9. The second-order valence-electron chi connectivity index (χ2n) is 9.12. The van der Waals surface area contributed by atoms with Gasteiger partial charge in [-0.1, -0.05) is 25.0 Å². The largest absolute Gasteiger partial charge is 0.494 e. The van der Waals surface area contributed by atoms with Crippen LogP contribution in [0, 0.1) is 5.92 Å². The van der Waals surface area contributed by atoms with Crippen molar-refractivity contribution in [2.75, 3.05) is 18.5 Å². The quantitative estimate of drug-likeness (QED) is 0.641. The van der Waals surface area contributed by atoms with Crippen molar-refractivity contribution in [3.05, 3.63) is 59.2 Å². The van der Waals surface area contributed by atoms with Crippen LogP contribution in [-0.2, 0) is 0 Å². The van der Waals surface area contributed by atoms with Gasteiger partial charge in [0.25, 0.3) is 5.91 Å². The van der Waals surface area contributed by atoms with E-state index in [4.69, 9.17) is 4.74 Å². The van der Waals surface area contributed by atoms with Crippen LogP contribution in [0.4, 0.5) is 5.69 Å². The van der Waals surface area contributed by atoms with Crippen molar-refractivity contribution in [3.8, 4) is 5.75 Å². The molecule has 3 aliphatic rings. The standard InChI is InChI=1S/C26H33N3O2/c1-2-31-20-12-9-17(10-13-20)24-21-8-5-15-27-25(21)22-16-18(11-14-23(22)29-24)26(30)28-19-6-3-4-7-19/h9-14,16,19,21,24-25,27,29H,2-8,15H2,1H3,(H,28,30)/t21-,24?,25-/m0/s1. The average Bonchev–Trinajstić information content (AvgIpc) is 3.32. The minimum Gasteiger partial charge on any atom is -0.494 e. The lowest BCUT2D eigenvalue weighted by Crippen LogP contribution is -2.43. The lowest BCUT2D eigenvalue weighted by molar-refractivity contribution is 0.0937. The third-order valence-electron chi connectivity index (χ3n) is 7.14. The highest BCUT2D eigenvalue weighted by molar-refractivity contribution is 5.95. The highest BCUT2D eigenvalue weighted by Crippen LogP contribution is 2.47. The van der Waals surface area contributed by atoms with Crippen LogP contribution >= 0.6 is 0 Å². The van der Waals surface area contributed by atoms with E-state index in [2.05, 4.69) is 52.3 Å². The molecule has 2 fully saturated rings. The van der Waals surface area contributed by atoms with Gasteiger partial charge in [-0.25, -0.2) is 0 Å². The molecule has 1 aliphatic carbocycles. The number of amides is 1. The Balaban J connectivity index is 1.41. The van der Waals surface area contributed by atoms with E-state index in [1.54, 1.807) is 0 Å². The number of hydrogen-bond donors (Lipinski definition) is 3. The first kappa shape index (κ1) is 20.4. The maximum absolute atomic E-state index is 12.9. The summed E-state index contributed by atoms with van der Waals surface area (Å²) < 4.78 is 5.62. The third-order valence-corrected chi connectivity index (χ3v) is 7.14. The Hall–Kier alpha value is -2.53. The molecule has 0 radical (unpaired) electrons. The summed E-state index contributed by atoms with van der Waals surface area (Å²) in [7, 11) is 0. The Kier molecular flexibility index (Phi) is 5.86. The van der Waals surface area contributed by atoms with Gasteiger partial charge in [0.1, 0.15) is 5.75 Å². The second kappa shape index (κ2) is 8.91. The first-order valence-electron chi connectivity index (χ1n) is 11.9. The SMILES string of the molecule is CCOc1ccc(C2Nc3ccc(C(=O)NC4CCCC4)cc3[C@H]3NCCC[C@@H]23)cc1. The maximum Gasteiger partial charge on any atom is 0.251 e. The average molecular weight is 420 g/mol. The summed E-state index contributed by atoms with van der Waals surface area (Å²) in [6.45, 7) is 3.71. The number of nitrogens with one attached hydrogen (secondary N) is 3. The topological polar surface area (TPSA) is 62.4 Å². The van der Waals surface area contributed by atoms with Gasteiger partial charge in [0.15, 0.2) is 0 Å². The lowest BCUT2D eigenvalue weighted by atomic mass is 9.75. The Morgan fingerprint density at radius 2 is 1.84 bits per heavy atom. The van der Waals surface area contributed by atoms with Gasteiger partial charge in [0, 0.05) is 29.3 Å². The van der Waals surface area contributed by atoms with Crippen molar-refractivity contribution in [1.82, 2.24) is 10.6 Å². The number of ether oxygens (including phenoxy) is 1. The van der Waals surface area contributed by atoms with E-state index in [9.17, 15) is 4.79 Å². The molecule has 0 spiro atoms. The molecule has 1 unspecified atom stereocenters. The zero-order valence-electron chi connectivity index (χ0n) is 18.3. The van der Waals surface area contributed by atoms with E-state index >= 15 is 0 Å². The molecular weight excluding hydrogens is 386 g/mol. The van der Waals surface area contributed by atoms with E-state index < -0.39 is 0 Å². The van der Waals surface area contributed by atoms with Gasteiger partial charge in [-0.2, -0.15) is 0 Å². The number of carbonyl (C=O) groups is 1. The van der Waals surface area contributed by atoms with Gasteiger partial charge < -0.3 is 20.7 Å². The molecule has 5 rings (SSSR count). The second-order valence-corrected chi connectivity index (χ2v) is 9.12. The Bertz CT molecular complexity index is 921. The molecule has 5 nitrogen and oxygen atoms in total. The molecule has 31 heavy (non-hydrogen) atoms. The number of fused-ring (bicyclic) bond motifs is 3. The fourth-order valence-corrected chi connectivity index (χ4v) is 5.59. The van der Waals surface area contributed by atoms with Crippen LogP contribution in [0.2, 0.25) is 0 Å². The van der Waals surface area contributed by atoms with Crippen molar-refractivity contribution in [2.24, 2.45) is 5.92 Å². The van der Waals surface area contributed by atoms with Gasteiger partial charge in [-0.05, 0) is 80.6 Å². The number of piperidine rings is 1. The molecule has 1 saturated carbocycles. The van der Waals surface area contributed by atoms with Crippen molar-refractivity contribution in [1.29, 1.82) is 0 Å². The summed E-state index contributed by atoms with van der Waals surface area (Å²) >= 11 is 0.